The Bertz CT molecular complexity index is 503. The summed E-state index contributed by atoms with van der Waals surface area (Å²) >= 11 is 0. The molecule has 110 valence electrons. The third-order valence-corrected chi connectivity index (χ3v) is 2.41. The predicted molar refractivity (Wildman–Crippen MR) is 66.7 cm³/mol. The van der Waals surface area contributed by atoms with Gasteiger partial charge in [-0.3, -0.25) is 9.59 Å². The number of nitrogens with one attached hydrogen (secondary N) is 1. The number of alkyl halides is 3. The van der Waals surface area contributed by atoms with Crippen LogP contribution < -0.4 is 11.1 Å². The van der Waals surface area contributed by atoms with Crippen LogP contribution in [0.1, 0.15) is 5.56 Å². The van der Waals surface area contributed by atoms with Gasteiger partial charge >= 0.3 is 12.1 Å². The van der Waals surface area contributed by atoms with Crippen LogP contribution in [0.4, 0.5) is 18.9 Å². The zero-order valence-corrected chi connectivity index (χ0v) is 10.7. The molecular weight excluding hydrogens is 275 g/mol. The summed E-state index contributed by atoms with van der Waals surface area (Å²) < 4.78 is 36.7. The summed E-state index contributed by atoms with van der Waals surface area (Å²) in [7, 11) is 1.06. The number of carbonyl (C=O) groups excluding carboxylic acids is 2. The Morgan fingerprint density at radius 1 is 1.35 bits per heavy atom. The zero-order valence-electron chi connectivity index (χ0n) is 10.7. The molecule has 8 heteroatoms. The highest BCUT2D eigenvalue weighted by molar-refractivity contribution is 5.92. The van der Waals surface area contributed by atoms with Gasteiger partial charge in [-0.05, 0) is 17.7 Å². The van der Waals surface area contributed by atoms with Gasteiger partial charge in [0.1, 0.15) is 0 Å². The summed E-state index contributed by atoms with van der Waals surface area (Å²) in [6.45, 7) is -0.415. The average molecular weight is 289 g/mol. The van der Waals surface area contributed by atoms with Crippen LogP contribution in [-0.2, 0) is 16.1 Å². The summed E-state index contributed by atoms with van der Waals surface area (Å²) in [6, 6.07) is 6.17. The topological polar surface area (TPSA) is 75.4 Å². The van der Waals surface area contributed by atoms with E-state index in [0.717, 1.165) is 7.05 Å². The lowest BCUT2D eigenvalue weighted by molar-refractivity contribution is -0.184. The standard InChI is InChI=1S/C12H14F3N3O2/c1-18(11(20)12(13,14)15)7-8-3-2-4-9(5-8)17-10(19)6-16/h2-5H,6-7,16H2,1H3,(H,17,19). The molecule has 0 aliphatic rings. The molecule has 0 unspecified atom stereocenters. The Labute approximate surface area is 113 Å². The molecule has 0 radical (unpaired) electrons. The van der Waals surface area contributed by atoms with Crippen LogP contribution in [0.5, 0.6) is 0 Å². The van der Waals surface area contributed by atoms with Crippen molar-refractivity contribution in [1.82, 2.24) is 4.90 Å². The first-order valence-electron chi connectivity index (χ1n) is 5.65. The lowest BCUT2D eigenvalue weighted by Gasteiger charge is -2.19. The number of nitrogens with zero attached hydrogens (tertiary/aromatic N) is 1. The van der Waals surface area contributed by atoms with E-state index in [1.165, 1.54) is 6.07 Å². The molecular formula is C12H14F3N3O2. The molecule has 20 heavy (non-hydrogen) atoms. The van der Waals surface area contributed by atoms with Crippen LogP contribution in [0, 0.1) is 0 Å². The number of halogens is 3. The Morgan fingerprint density at radius 2 is 2.00 bits per heavy atom. The second-order valence-electron chi connectivity index (χ2n) is 4.11. The maximum absolute atomic E-state index is 12.2. The van der Waals surface area contributed by atoms with Crippen LogP contribution in [0.3, 0.4) is 0 Å². The molecule has 1 rings (SSSR count). The molecule has 0 saturated heterocycles. The van der Waals surface area contributed by atoms with Gasteiger partial charge in [0.05, 0.1) is 6.54 Å². The van der Waals surface area contributed by atoms with Crippen molar-refractivity contribution in [2.75, 3.05) is 18.9 Å². The third-order valence-electron chi connectivity index (χ3n) is 2.41. The van der Waals surface area contributed by atoms with E-state index in [4.69, 9.17) is 5.73 Å². The van der Waals surface area contributed by atoms with Gasteiger partial charge in [-0.15, -0.1) is 0 Å². The first-order valence-corrected chi connectivity index (χ1v) is 5.65. The van der Waals surface area contributed by atoms with E-state index in [0.29, 0.717) is 16.2 Å². The normalized spacial score (nSPS) is 11.1. The van der Waals surface area contributed by atoms with Gasteiger partial charge in [0, 0.05) is 19.3 Å². The maximum atomic E-state index is 12.2. The van der Waals surface area contributed by atoms with E-state index in [1.54, 1.807) is 18.2 Å². The zero-order chi connectivity index (χ0) is 15.3. The van der Waals surface area contributed by atoms with Gasteiger partial charge in [0.2, 0.25) is 5.91 Å². The largest absolute Gasteiger partial charge is 0.471 e. The SMILES string of the molecule is CN(Cc1cccc(NC(=O)CN)c1)C(=O)C(F)(F)F. The van der Waals surface area contributed by atoms with Crippen LogP contribution in [0.25, 0.3) is 0 Å². The summed E-state index contributed by atoms with van der Waals surface area (Å²) in [6.07, 6.45) is -4.90. The molecule has 0 aliphatic carbocycles. The van der Waals surface area contributed by atoms with Gasteiger partial charge in [0.25, 0.3) is 0 Å². The average Bonchev–Trinajstić information content (AvgIpc) is 2.36. The molecule has 0 bridgehead atoms. The Hall–Kier alpha value is -2.09. The lowest BCUT2D eigenvalue weighted by atomic mass is 10.2. The second kappa shape index (κ2) is 6.38. The number of anilines is 1. The van der Waals surface area contributed by atoms with E-state index in [-0.39, 0.29) is 13.1 Å². The minimum atomic E-state index is -4.90. The molecule has 0 aromatic heterocycles. The molecule has 0 spiro atoms. The van der Waals surface area contributed by atoms with Crippen LogP contribution >= 0.6 is 0 Å². The molecule has 1 aromatic rings. The molecule has 0 fully saturated rings. The van der Waals surface area contributed by atoms with Gasteiger partial charge < -0.3 is 16.0 Å². The number of amides is 2. The number of nitrogens with two attached hydrogens (primary N) is 1. The first kappa shape index (κ1) is 16.0. The third kappa shape index (κ3) is 4.54. The van der Waals surface area contributed by atoms with E-state index in [2.05, 4.69) is 5.32 Å². The van der Waals surface area contributed by atoms with Gasteiger partial charge in [-0.2, -0.15) is 13.2 Å². The summed E-state index contributed by atoms with van der Waals surface area (Å²) in [5, 5.41) is 2.48. The Kier molecular flexibility index (Phi) is 5.09. The molecule has 0 heterocycles. The summed E-state index contributed by atoms with van der Waals surface area (Å²) in [5.41, 5.74) is 6.00. The van der Waals surface area contributed by atoms with Crippen molar-refractivity contribution in [1.29, 1.82) is 0 Å². The summed E-state index contributed by atoms with van der Waals surface area (Å²) in [5.74, 6) is -2.34. The molecule has 0 saturated carbocycles. The van der Waals surface area contributed by atoms with Crippen LogP contribution in [0.15, 0.2) is 24.3 Å². The monoisotopic (exact) mass is 289 g/mol. The van der Waals surface area contributed by atoms with E-state index in [9.17, 15) is 22.8 Å². The minimum absolute atomic E-state index is 0.198. The fourth-order valence-corrected chi connectivity index (χ4v) is 1.52. The smallest absolute Gasteiger partial charge is 0.334 e. The highest BCUT2D eigenvalue weighted by Gasteiger charge is 2.41. The van der Waals surface area contributed by atoms with Gasteiger partial charge in [0.15, 0.2) is 0 Å². The maximum Gasteiger partial charge on any atom is 0.471 e. The number of rotatable bonds is 4. The van der Waals surface area contributed by atoms with E-state index < -0.39 is 18.0 Å². The predicted octanol–water partition coefficient (Wildman–Crippen LogP) is 1.10. The minimum Gasteiger partial charge on any atom is -0.334 e. The fraction of sp³-hybridized carbons (Fsp3) is 0.333. The van der Waals surface area contributed by atoms with Gasteiger partial charge in [-0.25, -0.2) is 0 Å². The lowest BCUT2D eigenvalue weighted by Crippen LogP contribution is -2.37. The summed E-state index contributed by atoms with van der Waals surface area (Å²) in [4.78, 5) is 22.7. The van der Waals surface area contributed by atoms with Crippen molar-refractivity contribution in [2.24, 2.45) is 5.73 Å². The second-order valence-corrected chi connectivity index (χ2v) is 4.11. The van der Waals surface area contributed by atoms with Crippen molar-refractivity contribution >= 4 is 17.5 Å². The molecule has 3 N–H and O–H groups in total. The van der Waals surface area contributed by atoms with Crippen LogP contribution in [0.2, 0.25) is 0 Å². The Morgan fingerprint density at radius 3 is 2.55 bits per heavy atom. The van der Waals surface area contributed by atoms with Crippen LogP contribution in [-0.4, -0.2) is 36.5 Å². The number of hydrogen-bond donors (Lipinski definition) is 2. The van der Waals surface area contributed by atoms with Gasteiger partial charge in [-0.1, -0.05) is 12.1 Å². The highest BCUT2D eigenvalue weighted by Crippen LogP contribution is 2.19. The Balaban J connectivity index is 2.76. The number of carbonyl (C=O) groups is 2. The fourth-order valence-electron chi connectivity index (χ4n) is 1.52. The first-order chi connectivity index (χ1) is 9.24. The number of benzene rings is 1. The molecule has 0 atom stereocenters. The highest BCUT2D eigenvalue weighted by atomic mass is 19.4. The molecule has 5 nitrogen and oxygen atoms in total. The molecule has 1 aromatic carbocycles. The molecule has 2 amide bonds. The van der Waals surface area contributed by atoms with Crippen molar-refractivity contribution < 1.29 is 22.8 Å². The van der Waals surface area contributed by atoms with E-state index >= 15 is 0 Å². The number of hydrogen-bond acceptors (Lipinski definition) is 3. The van der Waals surface area contributed by atoms with Crippen molar-refractivity contribution in [2.45, 2.75) is 12.7 Å². The van der Waals surface area contributed by atoms with Crippen molar-refractivity contribution in [3.8, 4) is 0 Å². The molecule has 0 aliphatic heterocycles. The quantitative estimate of drug-likeness (QED) is 0.871. The van der Waals surface area contributed by atoms with E-state index in [1.807, 2.05) is 0 Å². The van der Waals surface area contributed by atoms with Crippen molar-refractivity contribution in [3.05, 3.63) is 29.8 Å². The van der Waals surface area contributed by atoms with Crippen molar-refractivity contribution in [3.63, 3.8) is 0 Å².